The molecule has 0 saturated heterocycles. The van der Waals surface area contributed by atoms with Crippen molar-refractivity contribution in [2.24, 2.45) is 0 Å². The molecule has 0 aliphatic heterocycles. The van der Waals surface area contributed by atoms with Gasteiger partial charge in [-0.3, -0.25) is 0 Å². The zero-order valence-electron chi connectivity index (χ0n) is 2.97. The van der Waals surface area contributed by atoms with Crippen molar-refractivity contribution < 1.29 is 0 Å². The molecule has 0 spiro atoms. The fourth-order valence-electron chi connectivity index (χ4n) is 0. The molecule has 0 N–H and O–H groups in total. The first-order chi connectivity index (χ1) is 3.15. The molecule has 0 atom stereocenters. The third-order valence-corrected chi connectivity index (χ3v) is 0. The predicted molar refractivity (Wildman–Crippen MR) is 42.2 cm³/mol. The third-order valence-electron chi connectivity index (χ3n) is 0. The van der Waals surface area contributed by atoms with Gasteiger partial charge in [-0.25, -0.2) is 0 Å². The average Bonchev–Trinajstić information content (AvgIpc) is 1.33. The van der Waals surface area contributed by atoms with E-state index < -0.39 is 25.1 Å². The van der Waals surface area contributed by atoms with Gasteiger partial charge in [0.1, 0.15) is 0 Å². The number of halogens is 5. The molecule has 0 aliphatic rings. The molecule has 0 amide bonds. The molecule has 0 heterocycles. The quantitative estimate of drug-likeness (QED) is 0.601. The Kier molecular flexibility index (Phi) is 19.8. The van der Waals surface area contributed by atoms with Crippen LogP contribution in [0.5, 0.6) is 0 Å². The summed E-state index contributed by atoms with van der Waals surface area (Å²) in [6, 6.07) is 0. The van der Waals surface area contributed by atoms with Gasteiger partial charge in [0.25, 0.3) is 0 Å². The maximum absolute atomic E-state index is 4.97. The average molecular weight is 323 g/mol. The molecule has 0 aromatic heterocycles. The van der Waals surface area contributed by atoms with E-state index >= 15 is 0 Å². The van der Waals surface area contributed by atoms with E-state index in [2.05, 4.69) is 0 Å². The van der Waals surface area contributed by atoms with Gasteiger partial charge in [0, 0.05) is 0 Å². The van der Waals surface area contributed by atoms with Gasteiger partial charge in [0.05, 0.1) is 0 Å². The van der Waals surface area contributed by atoms with E-state index in [0.717, 1.165) is 0 Å². The number of rotatable bonds is 0. The van der Waals surface area contributed by atoms with Crippen LogP contribution >= 0.6 is 50.0 Å². The molecule has 0 aromatic carbocycles. The first kappa shape index (κ1) is 12.2. The number of hydrogen-bond donors (Lipinski definition) is 0. The molecule has 0 fully saturated rings. The van der Waals surface area contributed by atoms with E-state index in [9.17, 15) is 0 Å². The van der Waals surface area contributed by atoms with Crippen LogP contribution in [0.2, 0.25) is 0 Å². The van der Waals surface area contributed by atoms with E-state index in [4.69, 9.17) is 50.0 Å². The summed E-state index contributed by atoms with van der Waals surface area (Å²) in [4.78, 5) is 0. The molecule has 0 saturated carbocycles. The van der Waals surface area contributed by atoms with Crippen LogP contribution < -0.4 is 0 Å². The van der Waals surface area contributed by atoms with E-state index in [1.807, 2.05) is 0 Å². The van der Waals surface area contributed by atoms with Crippen molar-refractivity contribution in [3.8, 4) is 0 Å². The summed E-state index contributed by atoms with van der Waals surface area (Å²) in [6.07, 6.45) is 0. The van der Waals surface area contributed by atoms with Crippen LogP contribution in [-0.2, 0) is 0 Å². The Bertz CT molecular complexity index is 17.3. The van der Waals surface area contributed by atoms with Gasteiger partial charge in [-0.2, -0.15) is 0 Å². The summed E-state index contributed by atoms with van der Waals surface area (Å²) >= 11 is -2.66. The normalized spacial score (nSPS) is 7.71. The zero-order chi connectivity index (χ0) is 6.28. The van der Waals surface area contributed by atoms with Gasteiger partial charge in [-0.1, -0.05) is 0 Å². The zero-order valence-corrected chi connectivity index (χ0v) is 11.3. The standard InChI is InChI=1S/Cl3Ge.Cl2GeH/c1-4(2)3;1-3-2/h;3H. The SMILES string of the molecule is [Cl][GeH][Cl].[Cl][Ge]([Cl])[Cl]. The summed E-state index contributed by atoms with van der Waals surface area (Å²) < 4.78 is 0. The molecule has 0 rings (SSSR count). The van der Waals surface area contributed by atoms with Crippen LogP contribution in [-0.4, -0.2) is 25.1 Å². The van der Waals surface area contributed by atoms with Crippen molar-refractivity contribution in [3.05, 3.63) is 0 Å². The molecule has 0 nitrogen and oxygen atoms in total. The topological polar surface area (TPSA) is 0 Å². The Hall–Kier alpha value is 2.54. The third kappa shape index (κ3) is 56.7. The Morgan fingerprint density at radius 1 is 1.00 bits per heavy atom. The molecule has 0 aliphatic carbocycles. The van der Waals surface area contributed by atoms with Crippen molar-refractivity contribution in [1.29, 1.82) is 0 Å². The van der Waals surface area contributed by atoms with Gasteiger partial charge >= 0.3 is 75.2 Å². The monoisotopic (exact) mass is 324 g/mol. The van der Waals surface area contributed by atoms with Crippen molar-refractivity contribution in [2.75, 3.05) is 0 Å². The van der Waals surface area contributed by atoms with Crippen molar-refractivity contribution in [3.63, 3.8) is 0 Å². The van der Waals surface area contributed by atoms with Crippen LogP contribution in [0.1, 0.15) is 0 Å². The molecule has 0 aromatic rings. The van der Waals surface area contributed by atoms with Gasteiger partial charge in [-0.15, -0.1) is 0 Å². The van der Waals surface area contributed by atoms with Crippen LogP contribution in [0.15, 0.2) is 0 Å². The first-order valence-electron chi connectivity index (χ1n) is 1.00. The van der Waals surface area contributed by atoms with E-state index in [1.165, 1.54) is 0 Å². The molecule has 7 heteroatoms. The van der Waals surface area contributed by atoms with Gasteiger partial charge in [-0.05, 0) is 0 Å². The molecule has 7 heavy (non-hydrogen) atoms. The minimum absolute atomic E-state index is 0.743. The molecule has 0 bridgehead atoms. The van der Waals surface area contributed by atoms with Crippen molar-refractivity contribution in [1.82, 2.24) is 0 Å². The minimum atomic E-state index is -1.92. The van der Waals surface area contributed by atoms with Crippen LogP contribution in [0.3, 0.4) is 0 Å². The molecule has 44 valence electrons. The van der Waals surface area contributed by atoms with E-state index in [-0.39, 0.29) is 0 Å². The summed E-state index contributed by atoms with van der Waals surface area (Å²) in [5, 5.41) is 0. The first-order valence-corrected chi connectivity index (χ1v) is 15.6. The Labute approximate surface area is 74.3 Å². The second-order valence-electron chi connectivity index (χ2n) is 0.297. The maximum atomic E-state index is 4.97. The summed E-state index contributed by atoms with van der Waals surface area (Å²) in [5.41, 5.74) is 0. The molecular weight excluding hydrogens is 322 g/mol. The molecular formula is HCl5Ge2. The van der Waals surface area contributed by atoms with E-state index in [1.54, 1.807) is 0 Å². The van der Waals surface area contributed by atoms with Gasteiger partial charge in [0.15, 0.2) is 0 Å². The fraction of sp³-hybridized carbons (Fsp3) is 0. The van der Waals surface area contributed by atoms with Gasteiger partial charge < -0.3 is 0 Å². The Morgan fingerprint density at radius 2 is 1.00 bits per heavy atom. The predicted octanol–water partition coefficient (Wildman–Crippen LogP) is 2.42. The molecule has 2 radical (unpaired) electrons. The summed E-state index contributed by atoms with van der Waals surface area (Å²) in [5.74, 6) is 0. The van der Waals surface area contributed by atoms with Gasteiger partial charge in [0.2, 0.25) is 0 Å². The van der Waals surface area contributed by atoms with Crippen LogP contribution in [0.4, 0.5) is 0 Å². The Balaban J connectivity index is 0. The summed E-state index contributed by atoms with van der Waals surface area (Å²) in [6.45, 7) is 0. The second kappa shape index (κ2) is 11.3. The van der Waals surface area contributed by atoms with E-state index in [0.29, 0.717) is 0 Å². The number of hydrogen-bond acceptors (Lipinski definition) is 0. The second-order valence-corrected chi connectivity index (χ2v) is 13.9. The van der Waals surface area contributed by atoms with Crippen LogP contribution in [0, 0.1) is 0 Å². The fourth-order valence-corrected chi connectivity index (χ4v) is 0. The van der Waals surface area contributed by atoms with Crippen molar-refractivity contribution >= 4 is 75.2 Å². The van der Waals surface area contributed by atoms with Crippen LogP contribution in [0.25, 0.3) is 0 Å². The molecule has 0 unspecified atom stereocenters. The summed E-state index contributed by atoms with van der Waals surface area (Å²) in [7, 11) is 24.8. The van der Waals surface area contributed by atoms with Crippen molar-refractivity contribution in [2.45, 2.75) is 0 Å². The Morgan fingerprint density at radius 3 is 1.00 bits per heavy atom.